The van der Waals surface area contributed by atoms with Crippen LogP contribution in [0, 0.1) is 0 Å². The smallest absolute Gasteiger partial charge is 0.165 e. The van der Waals surface area contributed by atoms with E-state index in [0.717, 1.165) is 0 Å². The molecule has 0 aromatic heterocycles. The molecule has 0 rings (SSSR count). The highest BCUT2D eigenvalue weighted by Gasteiger charge is 2.03. The molecule has 0 radical (unpaired) electrons. The first-order valence-corrected chi connectivity index (χ1v) is 3.71. The van der Waals surface area contributed by atoms with Crippen molar-refractivity contribution in [3.05, 3.63) is 12.3 Å². The average Bonchev–Trinajstić information content (AvgIpc) is 2.00. The van der Waals surface area contributed by atoms with Crippen molar-refractivity contribution in [1.82, 2.24) is 0 Å². The summed E-state index contributed by atoms with van der Waals surface area (Å²) < 4.78 is 0. The largest absolute Gasteiger partial charge is 0.383 e. The number of rotatable bonds is 4. The monoisotopic (exact) mass is 185 g/mol. The van der Waals surface area contributed by atoms with Gasteiger partial charge in [0.05, 0.1) is 5.16 Å². The summed E-state index contributed by atoms with van der Waals surface area (Å²) in [4.78, 5) is 8.42. The molecule has 0 saturated carbocycles. The second kappa shape index (κ2) is 5.46. The van der Waals surface area contributed by atoms with Crippen LogP contribution in [0.1, 0.15) is 13.8 Å². The van der Waals surface area contributed by atoms with Crippen molar-refractivity contribution < 1.29 is 4.84 Å². The molecule has 0 bridgehead atoms. The van der Waals surface area contributed by atoms with Gasteiger partial charge in [-0.2, -0.15) is 0 Å². The highest BCUT2D eigenvalue weighted by Crippen LogP contribution is 1.94. The molecule has 5 heteroatoms. The average molecular weight is 185 g/mol. The Morgan fingerprint density at radius 1 is 1.75 bits per heavy atom. The fourth-order valence-corrected chi connectivity index (χ4v) is 0.510. The second-order valence-electron chi connectivity index (χ2n) is 2.21. The van der Waals surface area contributed by atoms with Gasteiger partial charge in [0.1, 0.15) is 11.8 Å². The van der Waals surface area contributed by atoms with Gasteiger partial charge in [0.25, 0.3) is 0 Å². The van der Waals surface area contributed by atoms with Crippen LogP contribution in [0.15, 0.2) is 22.5 Å². The number of hydrogen-bond donors (Lipinski definition) is 1. The Labute approximate surface area is 76.8 Å². The third-order valence-electron chi connectivity index (χ3n) is 0.981. The maximum Gasteiger partial charge on any atom is 0.165 e. The van der Waals surface area contributed by atoms with E-state index in [1.54, 1.807) is 13.8 Å². The molecule has 0 fully saturated rings. The van der Waals surface area contributed by atoms with E-state index in [1.165, 1.54) is 0 Å². The molecule has 0 aliphatic rings. The molecule has 0 aliphatic carbocycles. The summed E-state index contributed by atoms with van der Waals surface area (Å²) in [5, 5.41) is 5.76. The van der Waals surface area contributed by atoms with Gasteiger partial charge >= 0.3 is 0 Å². The third-order valence-corrected chi connectivity index (χ3v) is 1.09. The van der Waals surface area contributed by atoms with E-state index < -0.39 is 0 Å². The number of amidine groups is 1. The molecule has 12 heavy (non-hydrogen) atoms. The van der Waals surface area contributed by atoms with Gasteiger partial charge in [-0.1, -0.05) is 11.7 Å². The van der Waals surface area contributed by atoms with E-state index in [0.29, 0.717) is 5.76 Å². The zero-order valence-electron chi connectivity index (χ0n) is 7.07. The SMILES string of the molecule is C=C(C)O/N=C(\N)[C@@H](C)N=C=S. The minimum absolute atomic E-state index is 0.246. The molecular weight excluding hydrogens is 174 g/mol. The van der Waals surface area contributed by atoms with Crippen LogP contribution in [0.2, 0.25) is 0 Å². The summed E-state index contributed by atoms with van der Waals surface area (Å²) in [6.07, 6.45) is 0. The highest BCUT2D eigenvalue weighted by molar-refractivity contribution is 7.78. The molecule has 0 spiro atoms. The fraction of sp³-hybridized carbons (Fsp3) is 0.429. The zero-order valence-corrected chi connectivity index (χ0v) is 7.89. The summed E-state index contributed by atoms with van der Waals surface area (Å²) in [7, 11) is 0. The van der Waals surface area contributed by atoms with Crippen LogP contribution in [0.3, 0.4) is 0 Å². The standard InChI is InChI=1S/C7H11N3OS/c1-5(2)11-10-7(8)6(3)9-4-12/h6H,1H2,2-3H3,(H2,8,10)/t6-/m1/s1. The maximum absolute atomic E-state index is 5.46. The number of thiocarbonyl (C=S) groups is 1. The first kappa shape index (κ1) is 10.8. The Balaban J connectivity index is 4.16. The summed E-state index contributed by atoms with van der Waals surface area (Å²) in [5.74, 6) is 0.715. The molecule has 1 atom stereocenters. The molecule has 2 N–H and O–H groups in total. The van der Waals surface area contributed by atoms with Gasteiger partial charge in [-0.05, 0) is 26.1 Å². The van der Waals surface area contributed by atoms with Crippen molar-refractivity contribution in [3.8, 4) is 0 Å². The van der Waals surface area contributed by atoms with Crippen molar-refractivity contribution in [1.29, 1.82) is 0 Å². The molecular formula is C7H11N3OS. The molecule has 0 unspecified atom stereocenters. The summed E-state index contributed by atoms with van der Waals surface area (Å²) in [6, 6.07) is -0.304. The van der Waals surface area contributed by atoms with Gasteiger partial charge < -0.3 is 10.6 Å². The zero-order chi connectivity index (χ0) is 9.56. The maximum atomic E-state index is 5.46. The topological polar surface area (TPSA) is 60.0 Å². The van der Waals surface area contributed by atoms with E-state index >= 15 is 0 Å². The number of oxime groups is 1. The Hall–Kier alpha value is -1.19. The van der Waals surface area contributed by atoms with Crippen LogP contribution in [0.5, 0.6) is 0 Å². The van der Waals surface area contributed by atoms with Gasteiger partial charge in [-0.15, -0.1) is 0 Å². The normalized spacial score (nSPS) is 13.0. The van der Waals surface area contributed by atoms with Crippen molar-refractivity contribution in [2.45, 2.75) is 19.9 Å². The number of isothiocyanates is 1. The Morgan fingerprint density at radius 3 is 2.75 bits per heavy atom. The van der Waals surface area contributed by atoms with Crippen molar-refractivity contribution in [3.63, 3.8) is 0 Å². The van der Waals surface area contributed by atoms with Crippen LogP contribution in [-0.4, -0.2) is 17.0 Å². The van der Waals surface area contributed by atoms with E-state index in [4.69, 9.17) is 10.6 Å². The van der Waals surface area contributed by atoms with Crippen LogP contribution in [-0.2, 0) is 4.84 Å². The molecule has 0 amide bonds. The van der Waals surface area contributed by atoms with Gasteiger partial charge in [0.15, 0.2) is 5.84 Å². The predicted octanol–water partition coefficient (Wildman–Crippen LogP) is 1.30. The summed E-state index contributed by atoms with van der Waals surface area (Å²) in [6.45, 7) is 6.89. The van der Waals surface area contributed by atoms with E-state index in [9.17, 15) is 0 Å². The highest BCUT2D eigenvalue weighted by atomic mass is 32.1. The minimum atomic E-state index is -0.304. The van der Waals surface area contributed by atoms with E-state index in [1.807, 2.05) is 0 Å². The molecule has 0 aromatic rings. The number of allylic oxidation sites excluding steroid dienone is 1. The molecule has 0 heterocycles. The predicted molar refractivity (Wildman–Crippen MR) is 52.0 cm³/mol. The van der Waals surface area contributed by atoms with Crippen LogP contribution in [0.4, 0.5) is 0 Å². The summed E-state index contributed by atoms with van der Waals surface area (Å²) >= 11 is 4.40. The lowest BCUT2D eigenvalue weighted by Gasteiger charge is -2.02. The van der Waals surface area contributed by atoms with Crippen LogP contribution < -0.4 is 5.73 Å². The summed E-state index contributed by atoms with van der Waals surface area (Å²) in [5.41, 5.74) is 5.46. The number of nitrogens with zero attached hydrogens (tertiary/aromatic N) is 2. The van der Waals surface area contributed by atoms with Gasteiger partial charge in [0.2, 0.25) is 0 Å². The molecule has 0 aromatic carbocycles. The van der Waals surface area contributed by atoms with Gasteiger partial charge in [-0.3, -0.25) is 0 Å². The Kier molecular flexibility index (Phi) is 4.92. The van der Waals surface area contributed by atoms with Crippen LogP contribution in [0.25, 0.3) is 0 Å². The number of aliphatic imine (C=N–C) groups is 1. The lowest BCUT2D eigenvalue weighted by molar-refractivity contribution is 0.229. The minimum Gasteiger partial charge on any atom is -0.383 e. The number of nitrogens with two attached hydrogens (primary N) is 1. The Bertz CT molecular complexity index is 243. The molecule has 0 aliphatic heterocycles. The van der Waals surface area contributed by atoms with Crippen molar-refractivity contribution in [2.24, 2.45) is 15.9 Å². The van der Waals surface area contributed by atoms with Crippen molar-refractivity contribution >= 4 is 23.2 Å². The van der Waals surface area contributed by atoms with E-state index in [2.05, 4.69) is 34.1 Å². The van der Waals surface area contributed by atoms with Crippen molar-refractivity contribution in [2.75, 3.05) is 0 Å². The molecule has 0 saturated heterocycles. The van der Waals surface area contributed by atoms with Gasteiger partial charge in [-0.25, -0.2) is 4.99 Å². The molecule has 4 nitrogen and oxygen atoms in total. The van der Waals surface area contributed by atoms with Gasteiger partial charge in [0, 0.05) is 0 Å². The number of hydrogen-bond acceptors (Lipinski definition) is 4. The van der Waals surface area contributed by atoms with Crippen LogP contribution >= 0.6 is 12.2 Å². The fourth-order valence-electron chi connectivity index (χ4n) is 0.352. The first-order valence-electron chi connectivity index (χ1n) is 3.30. The van der Waals surface area contributed by atoms with E-state index in [-0.39, 0.29) is 11.9 Å². The second-order valence-corrected chi connectivity index (χ2v) is 2.39. The lowest BCUT2D eigenvalue weighted by Crippen LogP contribution is -2.24. The Morgan fingerprint density at radius 2 is 2.33 bits per heavy atom. The first-order chi connectivity index (χ1) is 5.57. The lowest BCUT2D eigenvalue weighted by atomic mass is 10.3. The third kappa shape index (κ3) is 4.60. The molecule has 66 valence electrons. The quantitative estimate of drug-likeness (QED) is 0.236.